The number of carbonyl (C=O) groups is 2. The number of amides is 1. The highest BCUT2D eigenvalue weighted by Crippen LogP contribution is 2.30. The van der Waals surface area contributed by atoms with Gasteiger partial charge in [-0.3, -0.25) is 4.79 Å². The van der Waals surface area contributed by atoms with E-state index in [0.29, 0.717) is 24.3 Å². The molecule has 1 aromatic rings. The van der Waals surface area contributed by atoms with Crippen LogP contribution in [0.3, 0.4) is 0 Å². The maximum atomic E-state index is 12.0. The third kappa shape index (κ3) is 3.83. The van der Waals surface area contributed by atoms with Gasteiger partial charge in [0.25, 0.3) is 0 Å². The van der Waals surface area contributed by atoms with Gasteiger partial charge in [-0.15, -0.1) is 0 Å². The predicted molar refractivity (Wildman–Crippen MR) is 76.3 cm³/mol. The summed E-state index contributed by atoms with van der Waals surface area (Å²) in [7, 11) is 0. The van der Waals surface area contributed by atoms with E-state index in [1.54, 1.807) is 4.90 Å². The summed E-state index contributed by atoms with van der Waals surface area (Å²) in [5.41, 5.74) is 0.777. The maximum absolute atomic E-state index is 12.0. The molecule has 0 bridgehead atoms. The number of nitrogens with zero attached hydrogens (tertiary/aromatic N) is 2. The van der Waals surface area contributed by atoms with Crippen molar-refractivity contribution in [2.75, 3.05) is 13.1 Å². The lowest BCUT2D eigenvalue weighted by Crippen LogP contribution is -2.41. The van der Waals surface area contributed by atoms with Gasteiger partial charge in [-0.1, -0.05) is 5.16 Å². The monoisotopic (exact) mass is 294 g/mol. The van der Waals surface area contributed by atoms with Gasteiger partial charge in [0, 0.05) is 19.0 Å². The molecule has 0 atom stereocenters. The number of piperidine rings is 1. The molecule has 0 unspecified atom stereocenters. The minimum absolute atomic E-state index is 0.0409. The number of aromatic nitrogens is 1. The van der Waals surface area contributed by atoms with E-state index in [1.165, 1.54) is 13.2 Å². The highest BCUT2D eigenvalue weighted by atomic mass is 16.6. The van der Waals surface area contributed by atoms with E-state index in [9.17, 15) is 9.59 Å². The van der Waals surface area contributed by atoms with E-state index in [4.69, 9.17) is 9.26 Å². The van der Waals surface area contributed by atoms with Crippen LogP contribution < -0.4 is 0 Å². The summed E-state index contributed by atoms with van der Waals surface area (Å²) in [6.45, 7) is 8.27. The van der Waals surface area contributed by atoms with Crippen LogP contribution in [-0.2, 0) is 4.74 Å². The summed E-state index contributed by atoms with van der Waals surface area (Å²) in [6.07, 6.45) is 2.63. The molecule has 2 heterocycles. The van der Waals surface area contributed by atoms with Gasteiger partial charge in [0.1, 0.15) is 11.9 Å². The van der Waals surface area contributed by atoms with Crippen LogP contribution in [0.4, 0.5) is 4.79 Å². The average molecular weight is 294 g/mol. The van der Waals surface area contributed by atoms with E-state index in [-0.39, 0.29) is 17.8 Å². The van der Waals surface area contributed by atoms with E-state index < -0.39 is 5.60 Å². The molecule has 1 aromatic heterocycles. The zero-order valence-electron chi connectivity index (χ0n) is 13.0. The molecule has 0 saturated carbocycles. The number of likely N-dealkylation sites (tertiary alicyclic amines) is 1. The topological polar surface area (TPSA) is 72.6 Å². The number of carbonyl (C=O) groups excluding carboxylic acids is 2. The molecule has 21 heavy (non-hydrogen) atoms. The number of Topliss-reactive ketones (excluding diaryl/α,β-unsaturated/α-hetero) is 1. The molecule has 6 heteroatoms. The number of hydrogen-bond acceptors (Lipinski definition) is 5. The van der Waals surface area contributed by atoms with Crippen LogP contribution in [0.5, 0.6) is 0 Å². The molecule has 0 spiro atoms. The molecular weight excluding hydrogens is 272 g/mol. The quantitative estimate of drug-likeness (QED) is 0.784. The first-order valence-corrected chi connectivity index (χ1v) is 7.21. The summed E-state index contributed by atoms with van der Waals surface area (Å²) in [6, 6.07) is 0. The highest BCUT2D eigenvalue weighted by molar-refractivity contribution is 5.94. The molecule has 1 amide bonds. The Bertz CT molecular complexity index is 522. The lowest BCUT2D eigenvalue weighted by atomic mass is 9.91. The summed E-state index contributed by atoms with van der Waals surface area (Å²) in [4.78, 5) is 25.2. The van der Waals surface area contributed by atoms with Crippen LogP contribution in [0.25, 0.3) is 0 Å². The first-order valence-electron chi connectivity index (χ1n) is 7.21. The Labute approximate surface area is 124 Å². The number of ether oxygens (including phenoxy) is 1. The first kappa shape index (κ1) is 15.5. The minimum Gasteiger partial charge on any atom is -0.444 e. The molecule has 116 valence electrons. The number of rotatable bonds is 2. The van der Waals surface area contributed by atoms with Gasteiger partial charge >= 0.3 is 6.09 Å². The molecule has 0 N–H and O–H groups in total. The summed E-state index contributed by atoms with van der Waals surface area (Å²) < 4.78 is 10.3. The molecule has 1 aliphatic heterocycles. The van der Waals surface area contributed by atoms with Crippen molar-refractivity contribution in [1.82, 2.24) is 10.1 Å². The third-order valence-electron chi connectivity index (χ3n) is 3.51. The zero-order valence-corrected chi connectivity index (χ0v) is 13.0. The van der Waals surface area contributed by atoms with Crippen LogP contribution >= 0.6 is 0 Å². The Morgan fingerprint density at radius 3 is 2.48 bits per heavy atom. The minimum atomic E-state index is -0.484. The van der Waals surface area contributed by atoms with Crippen molar-refractivity contribution in [3.05, 3.63) is 17.5 Å². The van der Waals surface area contributed by atoms with E-state index >= 15 is 0 Å². The zero-order chi connectivity index (χ0) is 15.6. The van der Waals surface area contributed by atoms with Crippen molar-refractivity contribution < 1.29 is 18.8 Å². The van der Waals surface area contributed by atoms with Crippen LogP contribution in [0.2, 0.25) is 0 Å². The van der Waals surface area contributed by atoms with Gasteiger partial charge in [0.05, 0.1) is 11.3 Å². The maximum Gasteiger partial charge on any atom is 0.410 e. The Morgan fingerprint density at radius 1 is 1.33 bits per heavy atom. The fourth-order valence-corrected chi connectivity index (χ4v) is 2.47. The van der Waals surface area contributed by atoms with E-state index in [1.807, 2.05) is 20.8 Å². The molecule has 1 saturated heterocycles. The summed E-state index contributed by atoms with van der Waals surface area (Å²) in [5.74, 6) is 0.113. The number of hydrogen-bond donors (Lipinski definition) is 0. The van der Waals surface area contributed by atoms with Crippen molar-refractivity contribution in [3.63, 3.8) is 0 Å². The lowest BCUT2D eigenvalue weighted by Gasteiger charge is -2.32. The predicted octanol–water partition coefficient (Wildman–Crippen LogP) is 2.99. The molecule has 0 aromatic carbocycles. The average Bonchev–Trinajstić information content (AvgIpc) is 2.86. The van der Waals surface area contributed by atoms with Gasteiger partial charge < -0.3 is 14.2 Å². The van der Waals surface area contributed by atoms with Crippen molar-refractivity contribution in [3.8, 4) is 0 Å². The van der Waals surface area contributed by atoms with Crippen LogP contribution in [0.1, 0.15) is 62.5 Å². The molecule has 0 radical (unpaired) electrons. The third-order valence-corrected chi connectivity index (χ3v) is 3.51. The molecule has 2 rings (SSSR count). The van der Waals surface area contributed by atoms with Gasteiger partial charge in [0.15, 0.2) is 5.78 Å². The highest BCUT2D eigenvalue weighted by Gasteiger charge is 2.30. The van der Waals surface area contributed by atoms with E-state index in [0.717, 1.165) is 12.8 Å². The fourth-order valence-electron chi connectivity index (χ4n) is 2.47. The standard InChI is InChI=1S/C15H22N2O4/c1-10(18)12-9-20-16-13(12)11-5-7-17(8-6-11)14(19)21-15(2,3)4/h9,11H,5-8H2,1-4H3. The second kappa shape index (κ2) is 5.87. The van der Waals surface area contributed by atoms with Crippen molar-refractivity contribution in [2.24, 2.45) is 0 Å². The normalized spacial score (nSPS) is 16.9. The second-order valence-electron chi connectivity index (χ2n) is 6.41. The SMILES string of the molecule is CC(=O)c1conc1C1CCN(C(=O)OC(C)(C)C)CC1. The Balaban J connectivity index is 1.96. The van der Waals surface area contributed by atoms with Crippen molar-refractivity contribution >= 4 is 11.9 Å². The molecule has 6 nitrogen and oxygen atoms in total. The molecule has 0 aliphatic carbocycles. The van der Waals surface area contributed by atoms with Gasteiger partial charge in [-0.25, -0.2) is 4.79 Å². The smallest absolute Gasteiger partial charge is 0.410 e. The Hall–Kier alpha value is -1.85. The molecular formula is C15H22N2O4. The van der Waals surface area contributed by atoms with Crippen molar-refractivity contribution in [1.29, 1.82) is 0 Å². The van der Waals surface area contributed by atoms with Crippen LogP contribution in [-0.4, -0.2) is 40.6 Å². The van der Waals surface area contributed by atoms with Crippen molar-refractivity contribution in [2.45, 2.75) is 52.1 Å². The molecule has 1 fully saturated rings. The molecule has 1 aliphatic rings. The van der Waals surface area contributed by atoms with Crippen LogP contribution in [0, 0.1) is 0 Å². The Kier molecular flexibility index (Phi) is 4.34. The van der Waals surface area contributed by atoms with Gasteiger partial charge in [0.2, 0.25) is 0 Å². The first-order chi connectivity index (χ1) is 9.78. The summed E-state index contributed by atoms with van der Waals surface area (Å²) >= 11 is 0. The Morgan fingerprint density at radius 2 is 1.95 bits per heavy atom. The van der Waals surface area contributed by atoms with E-state index in [2.05, 4.69) is 5.16 Å². The lowest BCUT2D eigenvalue weighted by molar-refractivity contribution is 0.0203. The fraction of sp³-hybridized carbons (Fsp3) is 0.667. The summed E-state index contributed by atoms with van der Waals surface area (Å²) in [5, 5.41) is 3.96. The number of ketones is 1. The van der Waals surface area contributed by atoms with Crippen LogP contribution in [0.15, 0.2) is 10.8 Å². The van der Waals surface area contributed by atoms with Gasteiger partial charge in [-0.2, -0.15) is 0 Å². The van der Waals surface area contributed by atoms with Gasteiger partial charge in [-0.05, 0) is 40.5 Å². The second-order valence-corrected chi connectivity index (χ2v) is 6.41. The largest absolute Gasteiger partial charge is 0.444 e.